The van der Waals surface area contributed by atoms with Gasteiger partial charge in [-0.3, -0.25) is 0 Å². The van der Waals surface area contributed by atoms with Crippen LogP contribution in [0.2, 0.25) is 0 Å². The molecule has 1 rings (SSSR count). The molecule has 0 spiro atoms. The summed E-state index contributed by atoms with van der Waals surface area (Å²) < 4.78 is 2.04. The van der Waals surface area contributed by atoms with Gasteiger partial charge in [-0.2, -0.15) is 8.92 Å². The van der Waals surface area contributed by atoms with E-state index in [1.807, 2.05) is 6.21 Å². The summed E-state index contributed by atoms with van der Waals surface area (Å²) in [5.41, 5.74) is 0. The second-order valence-corrected chi connectivity index (χ2v) is 4.22. The maximum absolute atomic E-state index is 3.99. The largest absolute Gasteiger partial charge is 0.181 e. The normalized spacial score (nSPS) is 27.2. The standard InChI is InChI=1S/C3H6N2S3/c1-7-3-2-4-5(6)8-3/h2-3,6H,1H3. The third-order valence-corrected chi connectivity index (χ3v) is 3.14. The summed E-state index contributed by atoms with van der Waals surface area (Å²) in [6.45, 7) is 0. The highest BCUT2D eigenvalue weighted by molar-refractivity contribution is 8.19. The number of hydrazone groups is 1. The minimum atomic E-state index is 0.465. The Morgan fingerprint density at radius 1 is 2.00 bits per heavy atom. The lowest BCUT2D eigenvalue weighted by Gasteiger charge is -2.02. The molecule has 1 aliphatic rings. The van der Waals surface area contributed by atoms with Crippen LogP contribution in [0.5, 0.6) is 0 Å². The lowest BCUT2D eigenvalue weighted by Crippen LogP contribution is -1.91. The molecular formula is C3H6N2S3. The molecule has 0 aromatic heterocycles. The van der Waals surface area contributed by atoms with E-state index in [0.717, 1.165) is 0 Å². The average Bonchev–Trinajstić information content (AvgIpc) is 2.14. The molecule has 2 nitrogen and oxygen atoms in total. The van der Waals surface area contributed by atoms with Crippen molar-refractivity contribution in [1.82, 2.24) is 3.82 Å². The fourth-order valence-electron chi connectivity index (χ4n) is 0.363. The Morgan fingerprint density at radius 2 is 2.75 bits per heavy atom. The van der Waals surface area contributed by atoms with E-state index in [1.54, 1.807) is 27.5 Å². The van der Waals surface area contributed by atoms with Crippen molar-refractivity contribution in [2.24, 2.45) is 5.10 Å². The van der Waals surface area contributed by atoms with E-state index in [4.69, 9.17) is 0 Å². The van der Waals surface area contributed by atoms with Gasteiger partial charge >= 0.3 is 0 Å². The summed E-state index contributed by atoms with van der Waals surface area (Å²) in [7, 11) is 0. The number of thiol groups is 1. The van der Waals surface area contributed by atoms with Gasteiger partial charge in [0.05, 0.1) is 6.21 Å². The molecule has 0 saturated heterocycles. The second-order valence-electron chi connectivity index (χ2n) is 1.23. The van der Waals surface area contributed by atoms with Crippen LogP contribution in [-0.4, -0.2) is 20.9 Å². The van der Waals surface area contributed by atoms with Gasteiger partial charge in [-0.25, -0.2) is 0 Å². The van der Waals surface area contributed by atoms with E-state index < -0.39 is 0 Å². The zero-order valence-corrected chi connectivity index (χ0v) is 6.84. The molecule has 1 heterocycles. The van der Waals surface area contributed by atoms with E-state index in [1.165, 1.54) is 0 Å². The molecule has 1 atom stereocenters. The van der Waals surface area contributed by atoms with E-state index >= 15 is 0 Å². The van der Waals surface area contributed by atoms with E-state index in [9.17, 15) is 0 Å². The van der Waals surface area contributed by atoms with Gasteiger partial charge in [0, 0.05) is 11.9 Å². The SMILES string of the molecule is CSC1C=NN(S)S1. The van der Waals surface area contributed by atoms with Gasteiger partial charge < -0.3 is 0 Å². The van der Waals surface area contributed by atoms with Crippen molar-refractivity contribution in [2.75, 3.05) is 6.26 Å². The van der Waals surface area contributed by atoms with Gasteiger partial charge in [0.25, 0.3) is 0 Å². The van der Waals surface area contributed by atoms with Crippen LogP contribution in [0.1, 0.15) is 0 Å². The van der Waals surface area contributed by atoms with Gasteiger partial charge in [0.15, 0.2) is 0 Å². The molecule has 0 aliphatic carbocycles. The topological polar surface area (TPSA) is 15.6 Å². The van der Waals surface area contributed by atoms with Crippen LogP contribution in [0.15, 0.2) is 5.10 Å². The quantitative estimate of drug-likeness (QED) is 0.469. The molecule has 0 aromatic rings. The summed E-state index contributed by atoms with van der Waals surface area (Å²) in [5, 5.41) is 3.90. The van der Waals surface area contributed by atoms with Crippen LogP contribution >= 0.6 is 36.5 Å². The van der Waals surface area contributed by atoms with Crippen molar-refractivity contribution < 1.29 is 0 Å². The van der Waals surface area contributed by atoms with Gasteiger partial charge in [0.2, 0.25) is 0 Å². The number of nitrogens with zero attached hydrogens (tertiary/aromatic N) is 2. The second kappa shape index (κ2) is 2.89. The average molecular weight is 166 g/mol. The Morgan fingerprint density at radius 3 is 3.00 bits per heavy atom. The molecule has 1 unspecified atom stereocenters. The van der Waals surface area contributed by atoms with Gasteiger partial charge in [-0.15, -0.1) is 11.8 Å². The predicted molar refractivity (Wildman–Crippen MR) is 44.2 cm³/mol. The lowest BCUT2D eigenvalue weighted by molar-refractivity contribution is 0.854. The maximum Gasteiger partial charge on any atom is 0.109 e. The Kier molecular flexibility index (Phi) is 2.40. The van der Waals surface area contributed by atoms with Gasteiger partial charge in [-0.1, -0.05) is 0 Å². The zero-order chi connectivity index (χ0) is 5.98. The van der Waals surface area contributed by atoms with Gasteiger partial charge in [-0.05, 0) is 19.1 Å². The Balaban J connectivity index is 2.34. The molecule has 0 amide bonds. The van der Waals surface area contributed by atoms with Crippen LogP contribution < -0.4 is 0 Å². The molecule has 0 radical (unpaired) electrons. The smallest absolute Gasteiger partial charge is 0.109 e. The monoisotopic (exact) mass is 166 g/mol. The van der Waals surface area contributed by atoms with Crippen molar-refractivity contribution >= 4 is 42.7 Å². The van der Waals surface area contributed by atoms with Crippen molar-refractivity contribution in [2.45, 2.75) is 4.58 Å². The first kappa shape index (κ1) is 6.64. The fraction of sp³-hybridized carbons (Fsp3) is 0.667. The minimum absolute atomic E-state index is 0.465. The summed E-state index contributed by atoms with van der Waals surface area (Å²) in [6, 6.07) is 0. The Hall–Kier alpha value is 0.520. The van der Waals surface area contributed by atoms with Crippen molar-refractivity contribution in [3.63, 3.8) is 0 Å². The van der Waals surface area contributed by atoms with Crippen LogP contribution in [0.4, 0.5) is 0 Å². The lowest BCUT2D eigenvalue weighted by atomic mass is 10.9. The Labute approximate surface area is 62.8 Å². The first-order chi connectivity index (χ1) is 3.83. The van der Waals surface area contributed by atoms with Crippen molar-refractivity contribution in [3.05, 3.63) is 0 Å². The first-order valence-electron chi connectivity index (χ1n) is 2.05. The molecule has 8 heavy (non-hydrogen) atoms. The zero-order valence-electron chi connectivity index (χ0n) is 4.31. The highest BCUT2D eigenvalue weighted by Gasteiger charge is 2.13. The molecule has 5 heteroatoms. The summed E-state index contributed by atoms with van der Waals surface area (Å²) in [6.07, 6.45) is 3.93. The number of rotatable bonds is 1. The molecule has 0 fully saturated rings. The molecule has 0 saturated carbocycles. The number of hydrogen-bond donors (Lipinski definition) is 1. The van der Waals surface area contributed by atoms with Crippen molar-refractivity contribution in [3.8, 4) is 0 Å². The van der Waals surface area contributed by atoms with Crippen LogP contribution in [-0.2, 0) is 0 Å². The fourth-order valence-corrected chi connectivity index (χ4v) is 2.09. The minimum Gasteiger partial charge on any atom is -0.181 e. The number of hydrogen-bond acceptors (Lipinski definition) is 5. The molecular weight excluding hydrogens is 160 g/mol. The maximum atomic E-state index is 3.99. The predicted octanol–water partition coefficient (Wildman–Crippen LogP) is 1.47. The molecule has 0 aromatic carbocycles. The molecule has 0 N–H and O–H groups in total. The molecule has 1 aliphatic heterocycles. The highest BCUT2D eigenvalue weighted by Crippen LogP contribution is 2.29. The first-order valence-corrected chi connectivity index (χ1v) is 4.58. The highest BCUT2D eigenvalue weighted by atomic mass is 32.2. The van der Waals surface area contributed by atoms with Gasteiger partial charge in [0.1, 0.15) is 4.58 Å². The third-order valence-electron chi connectivity index (χ3n) is 0.718. The summed E-state index contributed by atoms with van der Waals surface area (Å²) >= 11 is 7.35. The Bertz CT molecular complexity index is 105. The summed E-state index contributed by atoms with van der Waals surface area (Å²) in [4.78, 5) is 0. The molecule has 0 bridgehead atoms. The van der Waals surface area contributed by atoms with E-state index in [2.05, 4.69) is 24.2 Å². The van der Waals surface area contributed by atoms with Crippen LogP contribution in [0.25, 0.3) is 0 Å². The van der Waals surface area contributed by atoms with Crippen molar-refractivity contribution in [1.29, 1.82) is 0 Å². The third kappa shape index (κ3) is 1.50. The van der Waals surface area contributed by atoms with Crippen LogP contribution in [0, 0.1) is 0 Å². The number of thioether (sulfide) groups is 1. The van der Waals surface area contributed by atoms with E-state index in [0.29, 0.717) is 4.58 Å². The van der Waals surface area contributed by atoms with Crippen LogP contribution in [0.3, 0.4) is 0 Å². The molecule has 46 valence electrons. The van der Waals surface area contributed by atoms with E-state index in [-0.39, 0.29) is 0 Å². The summed E-state index contributed by atoms with van der Waals surface area (Å²) in [5.74, 6) is 0.